The lowest BCUT2D eigenvalue weighted by atomic mass is 9.98. The zero-order valence-corrected chi connectivity index (χ0v) is 11.9. The van der Waals surface area contributed by atoms with Crippen LogP contribution in [0.1, 0.15) is 21.5 Å². The summed E-state index contributed by atoms with van der Waals surface area (Å²) >= 11 is 0. The Kier molecular flexibility index (Phi) is 4.63. The lowest BCUT2D eigenvalue weighted by Crippen LogP contribution is -2.21. The number of phenols is 1. The fourth-order valence-corrected chi connectivity index (χ4v) is 2.21. The molecule has 6 heteroatoms. The first kappa shape index (κ1) is 15.4. The van der Waals surface area contributed by atoms with Crippen LogP contribution in [0.4, 0.5) is 5.69 Å². The number of nitrogens with two attached hydrogens (primary N) is 2. The highest BCUT2D eigenvalue weighted by atomic mass is 16.4. The number of nitrogens with zero attached hydrogens (tertiary/aromatic N) is 1. The lowest BCUT2D eigenvalue weighted by Gasteiger charge is -2.09. The number of carboxylic acids is 1. The summed E-state index contributed by atoms with van der Waals surface area (Å²) in [6, 6.07) is 11.6. The predicted octanol–water partition coefficient (Wildman–Crippen LogP) is 1.78. The molecular weight excluding hydrogens is 282 g/mol. The summed E-state index contributed by atoms with van der Waals surface area (Å²) in [5.74, 6) is -0.905. The van der Waals surface area contributed by atoms with Crippen LogP contribution in [0.2, 0.25) is 0 Å². The van der Waals surface area contributed by atoms with E-state index < -0.39 is 5.97 Å². The number of aromatic hydroxyl groups is 1. The van der Waals surface area contributed by atoms with Crippen LogP contribution >= 0.6 is 0 Å². The van der Waals surface area contributed by atoms with E-state index >= 15 is 0 Å². The minimum atomic E-state index is -1.01. The van der Waals surface area contributed by atoms with Crippen molar-refractivity contribution < 1.29 is 15.0 Å². The van der Waals surface area contributed by atoms with Crippen molar-refractivity contribution in [2.24, 2.45) is 16.5 Å². The van der Waals surface area contributed by atoms with Gasteiger partial charge in [0.25, 0.3) is 0 Å². The molecule has 2 aromatic carbocycles. The first-order valence-electron chi connectivity index (χ1n) is 6.70. The van der Waals surface area contributed by atoms with Gasteiger partial charge in [-0.2, -0.15) is 0 Å². The molecule has 0 saturated heterocycles. The van der Waals surface area contributed by atoms with Gasteiger partial charge in [-0.25, -0.2) is 9.79 Å². The average molecular weight is 299 g/mol. The number of para-hydroxylation sites is 1. The van der Waals surface area contributed by atoms with Gasteiger partial charge in [0, 0.05) is 0 Å². The Labute approximate surface area is 127 Å². The Morgan fingerprint density at radius 2 is 1.73 bits per heavy atom. The minimum Gasteiger partial charge on any atom is -0.508 e. The molecule has 6 nitrogen and oxygen atoms in total. The number of carboxylic acid groups (broad SMARTS) is 1. The number of carbonyl (C=O) groups is 1. The molecule has 6 N–H and O–H groups in total. The Morgan fingerprint density at radius 1 is 1.05 bits per heavy atom. The standard InChI is InChI=1S/C16H17N3O3/c17-16(18)19-12-7-8-13(15(21)22)11(9-12)6-5-10-3-1-2-4-14(10)20/h1-4,7-9,20H,5-6H2,(H,21,22)(H4,17,18,19). The maximum absolute atomic E-state index is 11.3. The molecular formula is C16H17N3O3. The zero-order valence-electron chi connectivity index (χ0n) is 11.9. The summed E-state index contributed by atoms with van der Waals surface area (Å²) in [6.07, 6.45) is 0.964. The maximum atomic E-state index is 11.3. The van der Waals surface area contributed by atoms with E-state index in [1.807, 2.05) is 6.07 Å². The number of phenolic OH excluding ortho intramolecular Hbond substituents is 1. The summed E-state index contributed by atoms with van der Waals surface area (Å²) in [4.78, 5) is 15.2. The molecule has 22 heavy (non-hydrogen) atoms. The Bertz CT molecular complexity index is 722. The number of guanidine groups is 1. The molecule has 0 aliphatic carbocycles. The topological polar surface area (TPSA) is 122 Å². The van der Waals surface area contributed by atoms with Crippen molar-refractivity contribution in [3.63, 3.8) is 0 Å². The first-order valence-corrected chi connectivity index (χ1v) is 6.70. The number of hydrogen-bond acceptors (Lipinski definition) is 3. The molecule has 0 bridgehead atoms. The summed E-state index contributed by atoms with van der Waals surface area (Å²) in [5, 5.41) is 19.0. The second-order valence-electron chi connectivity index (χ2n) is 4.81. The van der Waals surface area contributed by atoms with Crippen LogP contribution in [0.5, 0.6) is 5.75 Å². The van der Waals surface area contributed by atoms with Crippen LogP contribution in [0.3, 0.4) is 0 Å². The number of rotatable bonds is 5. The SMILES string of the molecule is NC(N)=Nc1ccc(C(=O)O)c(CCc2ccccc2O)c1. The molecule has 0 aliphatic rings. The van der Waals surface area contributed by atoms with Gasteiger partial charge in [0.1, 0.15) is 5.75 Å². The molecule has 0 fully saturated rings. The molecule has 0 heterocycles. The summed E-state index contributed by atoms with van der Waals surface area (Å²) < 4.78 is 0. The van der Waals surface area contributed by atoms with Gasteiger partial charge in [0.05, 0.1) is 11.3 Å². The normalized spacial score (nSPS) is 10.2. The largest absolute Gasteiger partial charge is 0.508 e. The number of aromatic carboxylic acids is 1. The van der Waals surface area contributed by atoms with Crippen molar-refractivity contribution in [3.8, 4) is 5.75 Å². The van der Waals surface area contributed by atoms with Gasteiger partial charge in [-0.3, -0.25) is 0 Å². The average Bonchev–Trinajstić information content (AvgIpc) is 2.45. The smallest absolute Gasteiger partial charge is 0.335 e. The van der Waals surface area contributed by atoms with Crippen molar-refractivity contribution in [1.82, 2.24) is 0 Å². The van der Waals surface area contributed by atoms with Crippen LogP contribution in [-0.4, -0.2) is 22.1 Å². The van der Waals surface area contributed by atoms with E-state index in [2.05, 4.69) is 4.99 Å². The number of benzene rings is 2. The van der Waals surface area contributed by atoms with E-state index in [1.165, 1.54) is 6.07 Å². The van der Waals surface area contributed by atoms with Crippen LogP contribution in [0.25, 0.3) is 0 Å². The second-order valence-corrected chi connectivity index (χ2v) is 4.81. The maximum Gasteiger partial charge on any atom is 0.335 e. The van der Waals surface area contributed by atoms with Crippen molar-refractivity contribution >= 4 is 17.6 Å². The quantitative estimate of drug-likeness (QED) is 0.495. The van der Waals surface area contributed by atoms with Gasteiger partial charge < -0.3 is 21.7 Å². The molecule has 0 unspecified atom stereocenters. The molecule has 0 radical (unpaired) electrons. The molecule has 0 atom stereocenters. The van der Waals surface area contributed by atoms with Gasteiger partial charge in [-0.05, 0) is 48.2 Å². The number of aryl methyl sites for hydroxylation is 2. The molecule has 2 aromatic rings. The monoisotopic (exact) mass is 299 g/mol. The van der Waals surface area contributed by atoms with Crippen molar-refractivity contribution in [1.29, 1.82) is 0 Å². The highest BCUT2D eigenvalue weighted by molar-refractivity contribution is 5.90. The number of hydrogen-bond donors (Lipinski definition) is 4. The minimum absolute atomic E-state index is 0.0882. The van der Waals surface area contributed by atoms with Crippen molar-refractivity contribution in [2.45, 2.75) is 12.8 Å². The molecule has 0 spiro atoms. The Hall–Kier alpha value is -3.02. The van der Waals surface area contributed by atoms with Crippen LogP contribution in [-0.2, 0) is 12.8 Å². The molecule has 0 aromatic heterocycles. The van der Waals surface area contributed by atoms with Crippen LogP contribution in [0, 0.1) is 0 Å². The molecule has 0 aliphatic heterocycles. The molecule has 0 saturated carbocycles. The first-order chi connectivity index (χ1) is 10.5. The van der Waals surface area contributed by atoms with Gasteiger partial charge in [0.2, 0.25) is 0 Å². The highest BCUT2D eigenvalue weighted by Crippen LogP contribution is 2.23. The van der Waals surface area contributed by atoms with E-state index in [0.717, 1.165) is 5.56 Å². The molecule has 0 amide bonds. The second kappa shape index (κ2) is 6.62. The van der Waals surface area contributed by atoms with Crippen LogP contribution in [0.15, 0.2) is 47.5 Å². The molecule has 2 rings (SSSR count). The van der Waals surface area contributed by atoms with E-state index in [0.29, 0.717) is 24.1 Å². The van der Waals surface area contributed by atoms with E-state index in [-0.39, 0.29) is 17.3 Å². The molecule has 114 valence electrons. The van der Waals surface area contributed by atoms with Gasteiger partial charge in [0.15, 0.2) is 5.96 Å². The summed E-state index contributed by atoms with van der Waals surface area (Å²) in [5.41, 5.74) is 12.7. The Balaban J connectivity index is 2.29. The van der Waals surface area contributed by atoms with E-state index in [4.69, 9.17) is 11.5 Å². The fraction of sp³-hybridized carbons (Fsp3) is 0.125. The summed E-state index contributed by atoms with van der Waals surface area (Å²) in [7, 11) is 0. The van der Waals surface area contributed by atoms with Crippen molar-refractivity contribution in [3.05, 3.63) is 59.2 Å². The lowest BCUT2D eigenvalue weighted by molar-refractivity contribution is 0.0695. The Morgan fingerprint density at radius 3 is 2.36 bits per heavy atom. The third-order valence-corrected chi connectivity index (χ3v) is 3.23. The third kappa shape index (κ3) is 3.76. The van der Waals surface area contributed by atoms with Gasteiger partial charge in [-0.1, -0.05) is 18.2 Å². The predicted molar refractivity (Wildman–Crippen MR) is 84.4 cm³/mol. The zero-order chi connectivity index (χ0) is 16.1. The highest BCUT2D eigenvalue weighted by Gasteiger charge is 2.11. The van der Waals surface area contributed by atoms with Gasteiger partial charge >= 0.3 is 5.97 Å². The van der Waals surface area contributed by atoms with E-state index in [1.54, 1.807) is 30.3 Å². The van der Waals surface area contributed by atoms with Crippen LogP contribution < -0.4 is 11.5 Å². The number of aliphatic imine (C=N–C) groups is 1. The van der Waals surface area contributed by atoms with Gasteiger partial charge in [-0.15, -0.1) is 0 Å². The summed E-state index contributed by atoms with van der Waals surface area (Å²) in [6.45, 7) is 0. The third-order valence-electron chi connectivity index (χ3n) is 3.23. The fourth-order valence-electron chi connectivity index (χ4n) is 2.21. The van der Waals surface area contributed by atoms with E-state index in [9.17, 15) is 15.0 Å². The van der Waals surface area contributed by atoms with Crippen molar-refractivity contribution in [2.75, 3.05) is 0 Å².